The number of aromatic amines is 1. The first kappa shape index (κ1) is 17.9. The topological polar surface area (TPSA) is 79.8 Å². The minimum atomic E-state index is -0.455. The normalized spacial score (nSPS) is 12.0. The Morgan fingerprint density at radius 2 is 2.15 bits per heavy atom. The molecule has 0 aliphatic heterocycles. The molecule has 2 heterocycles. The molecule has 26 heavy (non-hydrogen) atoms. The van der Waals surface area contributed by atoms with Crippen LogP contribution in [-0.2, 0) is 0 Å². The number of carbonyl (C=O) groups excluding carboxylic acids is 1. The molecule has 3 rings (SSSR count). The molecule has 1 aromatic carbocycles. The lowest BCUT2D eigenvalue weighted by Gasteiger charge is -2.14. The summed E-state index contributed by atoms with van der Waals surface area (Å²) < 4.78 is 15.0. The number of hydrogen-bond donors (Lipinski definition) is 2. The van der Waals surface area contributed by atoms with Crippen molar-refractivity contribution in [2.24, 2.45) is 0 Å². The van der Waals surface area contributed by atoms with E-state index in [1.165, 1.54) is 24.4 Å². The van der Waals surface area contributed by atoms with Crippen molar-refractivity contribution >= 4 is 17.5 Å². The Hall–Kier alpha value is -2.93. The second kappa shape index (κ2) is 7.13. The molecule has 0 aliphatic rings. The quantitative estimate of drug-likeness (QED) is 0.736. The van der Waals surface area contributed by atoms with Crippen LogP contribution in [0.1, 0.15) is 34.6 Å². The van der Waals surface area contributed by atoms with Gasteiger partial charge in [0.05, 0.1) is 23.5 Å². The second-order valence-corrected chi connectivity index (χ2v) is 6.24. The molecule has 0 radical (unpaired) electrons. The smallest absolute Gasteiger partial charge is 0.266 e. The first-order valence-corrected chi connectivity index (χ1v) is 8.24. The van der Waals surface area contributed by atoms with Crippen molar-refractivity contribution in [2.75, 3.05) is 0 Å². The van der Waals surface area contributed by atoms with Crippen LogP contribution in [0.5, 0.6) is 0 Å². The maximum absolute atomic E-state index is 13.4. The van der Waals surface area contributed by atoms with Gasteiger partial charge in [0.1, 0.15) is 10.8 Å². The Kier molecular flexibility index (Phi) is 4.90. The lowest BCUT2D eigenvalue weighted by molar-refractivity contribution is 0.0939. The number of rotatable bonds is 4. The van der Waals surface area contributed by atoms with Crippen LogP contribution in [0.15, 0.2) is 47.5 Å². The van der Waals surface area contributed by atoms with Crippen LogP contribution in [-0.4, -0.2) is 20.7 Å². The van der Waals surface area contributed by atoms with Crippen molar-refractivity contribution in [2.45, 2.75) is 19.9 Å². The summed E-state index contributed by atoms with van der Waals surface area (Å²) in [6.45, 7) is 3.65. The number of H-pyrrole nitrogens is 1. The first-order valence-electron chi connectivity index (χ1n) is 7.86. The summed E-state index contributed by atoms with van der Waals surface area (Å²) in [5, 5.41) is 7.06. The molecule has 2 aromatic heterocycles. The summed E-state index contributed by atoms with van der Waals surface area (Å²) in [6.07, 6.45) is 2.93. The van der Waals surface area contributed by atoms with E-state index >= 15 is 0 Å². The number of benzene rings is 1. The predicted octanol–water partition coefficient (Wildman–Crippen LogP) is 3.15. The maximum Gasteiger partial charge on any atom is 0.266 e. The number of aromatic nitrogens is 3. The fourth-order valence-corrected chi connectivity index (χ4v) is 2.83. The molecule has 8 heteroatoms. The van der Waals surface area contributed by atoms with Crippen LogP contribution in [0.25, 0.3) is 5.69 Å². The van der Waals surface area contributed by atoms with Crippen molar-refractivity contribution in [1.82, 2.24) is 20.1 Å². The first-order chi connectivity index (χ1) is 12.4. The SMILES string of the molecule is Cc1c([C@@H](C)NC(=O)c2c[nH]c(=O)c(Cl)c2)cnn1-c1cccc(F)c1. The van der Waals surface area contributed by atoms with E-state index in [0.717, 1.165) is 11.3 Å². The Labute approximate surface area is 153 Å². The van der Waals surface area contributed by atoms with Gasteiger partial charge in [0.25, 0.3) is 11.5 Å². The highest BCUT2D eigenvalue weighted by molar-refractivity contribution is 6.30. The van der Waals surface area contributed by atoms with Gasteiger partial charge < -0.3 is 10.3 Å². The average molecular weight is 375 g/mol. The van der Waals surface area contributed by atoms with Gasteiger partial charge in [-0.05, 0) is 38.1 Å². The Balaban J connectivity index is 1.82. The third kappa shape index (κ3) is 3.52. The van der Waals surface area contributed by atoms with Crippen LogP contribution in [0, 0.1) is 12.7 Å². The van der Waals surface area contributed by atoms with Gasteiger partial charge in [-0.3, -0.25) is 9.59 Å². The van der Waals surface area contributed by atoms with E-state index in [4.69, 9.17) is 11.6 Å². The molecular weight excluding hydrogens is 359 g/mol. The van der Waals surface area contributed by atoms with Gasteiger partial charge in [0.15, 0.2) is 0 Å². The van der Waals surface area contributed by atoms with Crippen LogP contribution < -0.4 is 10.9 Å². The zero-order valence-electron chi connectivity index (χ0n) is 14.1. The molecule has 134 valence electrons. The summed E-state index contributed by atoms with van der Waals surface area (Å²) in [6, 6.07) is 7.06. The Bertz CT molecular complexity index is 1030. The van der Waals surface area contributed by atoms with E-state index in [0.29, 0.717) is 5.69 Å². The highest BCUT2D eigenvalue weighted by Crippen LogP contribution is 2.21. The van der Waals surface area contributed by atoms with Crippen molar-refractivity contribution < 1.29 is 9.18 Å². The van der Waals surface area contributed by atoms with Crippen LogP contribution in [0.4, 0.5) is 4.39 Å². The molecule has 0 spiro atoms. The van der Waals surface area contributed by atoms with Gasteiger partial charge in [-0.2, -0.15) is 5.10 Å². The molecule has 1 atom stereocenters. The number of pyridine rings is 1. The summed E-state index contributed by atoms with van der Waals surface area (Å²) in [5.41, 5.74) is 1.96. The summed E-state index contributed by atoms with van der Waals surface area (Å²) in [4.78, 5) is 26.0. The lowest BCUT2D eigenvalue weighted by atomic mass is 10.1. The number of nitrogens with one attached hydrogen (secondary N) is 2. The summed E-state index contributed by atoms with van der Waals surface area (Å²) in [7, 11) is 0. The fourth-order valence-electron chi connectivity index (χ4n) is 2.66. The van der Waals surface area contributed by atoms with Crippen LogP contribution >= 0.6 is 11.6 Å². The monoisotopic (exact) mass is 374 g/mol. The average Bonchev–Trinajstić information content (AvgIpc) is 2.99. The highest BCUT2D eigenvalue weighted by Gasteiger charge is 2.18. The summed E-state index contributed by atoms with van der Waals surface area (Å²) in [5.74, 6) is -0.733. The standard InChI is InChI=1S/C18H16ClFN4O2/c1-10(23-17(25)12-6-16(19)18(26)21-8-12)15-9-22-24(11(15)2)14-5-3-4-13(20)7-14/h3-10H,1-2H3,(H,21,26)(H,23,25)/t10-/m1/s1. The largest absolute Gasteiger partial charge is 0.345 e. The Morgan fingerprint density at radius 3 is 2.85 bits per heavy atom. The maximum atomic E-state index is 13.4. The highest BCUT2D eigenvalue weighted by atomic mass is 35.5. The molecule has 0 aliphatic carbocycles. The van der Waals surface area contributed by atoms with Crippen molar-refractivity contribution in [3.8, 4) is 5.69 Å². The number of amides is 1. The van der Waals surface area contributed by atoms with Gasteiger partial charge >= 0.3 is 0 Å². The lowest BCUT2D eigenvalue weighted by Crippen LogP contribution is -2.27. The number of halogens is 2. The molecule has 0 saturated carbocycles. The molecule has 6 nitrogen and oxygen atoms in total. The number of nitrogens with zero attached hydrogens (tertiary/aromatic N) is 2. The van der Waals surface area contributed by atoms with Crippen molar-refractivity contribution in [1.29, 1.82) is 0 Å². The van der Waals surface area contributed by atoms with E-state index in [2.05, 4.69) is 15.4 Å². The van der Waals surface area contributed by atoms with Gasteiger partial charge in [-0.1, -0.05) is 17.7 Å². The van der Waals surface area contributed by atoms with E-state index in [1.54, 1.807) is 23.0 Å². The molecule has 1 amide bonds. The van der Waals surface area contributed by atoms with Gasteiger partial charge in [-0.15, -0.1) is 0 Å². The van der Waals surface area contributed by atoms with Gasteiger partial charge in [0.2, 0.25) is 0 Å². The molecule has 0 fully saturated rings. The Morgan fingerprint density at radius 1 is 1.38 bits per heavy atom. The zero-order valence-corrected chi connectivity index (χ0v) is 14.8. The minimum Gasteiger partial charge on any atom is -0.345 e. The molecule has 0 saturated heterocycles. The fraction of sp³-hybridized carbons (Fsp3) is 0.167. The molecule has 0 bridgehead atoms. The third-order valence-corrected chi connectivity index (χ3v) is 4.32. The van der Waals surface area contributed by atoms with Gasteiger partial charge in [-0.25, -0.2) is 9.07 Å². The van der Waals surface area contributed by atoms with E-state index in [1.807, 2.05) is 13.8 Å². The molecular formula is C18H16ClFN4O2. The van der Waals surface area contributed by atoms with Crippen LogP contribution in [0.3, 0.4) is 0 Å². The van der Waals surface area contributed by atoms with Crippen molar-refractivity contribution in [3.05, 3.63) is 80.7 Å². The van der Waals surface area contributed by atoms with E-state index in [-0.39, 0.29) is 28.4 Å². The number of carbonyl (C=O) groups is 1. The molecule has 2 N–H and O–H groups in total. The van der Waals surface area contributed by atoms with E-state index < -0.39 is 5.56 Å². The van der Waals surface area contributed by atoms with E-state index in [9.17, 15) is 14.0 Å². The summed E-state index contributed by atoms with van der Waals surface area (Å²) >= 11 is 5.75. The molecule has 0 unspecified atom stereocenters. The minimum absolute atomic E-state index is 0.0552. The van der Waals surface area contributed by atoms with Crippen molar-refractivity contribution in [3.63, 3.8) is 0 Å². The predicted molar refractivity (Wildman–Crippen MR) is 96.2 cm³/mol. The second-order valence-electron chi connectivity index (χ2n) is 5.84. The third-order valence-electron chi connectivity index (χ3n) is 4.03. The van der Waals surface area contributed by atoms with Crippen LogP contribution in [0.2, 0.25) is 5.02 Å². The number of hydrogen-bond acceptors (Lipinski definition) is 3. The zero-order chi connectivity index (χ0) is 18.8. The molecule has 3 aromatic rings. The van der Waals surface area contributed by atoms with Gasteiger partial charge in [0, 0.05) is 17.5 Å².